The Kier molecular flexibility index (Phi) is 6.49. The van der Waals surface area contributed by atoms with Crippen molar-refractivity contribution in [2.45, 2.75) is 12.5 Å². The van der Waals surface area contributed by atoms with E-state index in [1.54, 1.807) is 29.2 Å². The van der Waals surface area contributed by atoms with Crippen molar-refractivity contribution in [3.8, 4) is 0 Å². The molecule has 8 heteroatoms. The Bertz CT molecular complexity index is 894. The first-order chi connectivity index (χ1) is 13.5. The zero-order valence-corrected chi connectivity index (χ0v) is 16.5. The number of halogens is 3. The first-order valence-corrected chi connectivity index (χ1v) is 9.38. The van der Waals surface area contributed by atoms with Crippen LogP contribution in [-0.2, 0) is 9.59 Å². The lowest BCUT2D eigenvalue weighted by Crippen LogP contribution is -2.51. The van der Waals surface area contributed by atoms with Crippen molar-refractivity contribution in [2.24, 2.45) is 5.92 Å². The SMILES string of the molecule is Cl.O=C1C(C(=O)N2CCNCC2c2cccc(F)c2)CCN1c1ccc(F)cc1. The predicted molar refractivity (Wildman–Crippen MR) is 108 cm³/mol. The molecule has 2 heterocycles. The number of hydrogen-bond donors (Lipinski definition) is 1. The van der Waals surface area contributed by atoms with E-state index in [9.17, 15) is 18.4 Å². The summed E-state index contributed by atoms with van der Waals surface area (Å²) < 4.78 is 26.8. The van der Waals surface area contributed by atoms with E-state index >= 15 is 0 Å². The average molecular weight is 422 g/mol. The van der Waals surface area contributed by atoms with Gasteiger partial charge in [0.15, 0.2) is 0 Å². The van der Waals surface area contributed by atoms with Gasteiger partial charge in [-0.05, 0) is 48.4 Å². The number of carbonyl (C=O) groups excluding carboxylic acids is 2. The second-order valence-corrected chi connectivity index (χ2v) is 7.11. The smallest absolute Gasteiger partial charge is 0.239 e. The van der Waals surface area contributed by atoms with E-state index in [2.05, 4.69) is 5.32 Å². The lowest BCUT2D eigenvalue weighted by atomic mass is 9.99. The van der Waals surface area contributed by atoms with Gasteiger partial charge in [-0.15, -0.1) is 12.4 Å². The highest BCUT2D eigenvalue weighted by Crippen LogP contribution is 2.30. The van der Waals surface area contributed by atoms with Crippen LogP contribution in [0.15, 0.2) is 48.5 Å². The predicted octanol–water partition coefficient (Wildman–Crippen LogP) is 2.91. The Labute approximate surface area is 174 Å². The number of carbonyl (C=O) groups is 2. The summed E-state index contributed by atoms with van der Waals surface area (Å²) in [6, 6.07) is 11.6. The summed E-state index contributed by atoms with van der Waals surface area (Å²) in [7, 11) is 0. The Morgan fingerprint density at radius 2 is 1.79 bits per heavy atom. The van der Waals surface area contributed by atoms with Crippen LogP contribution >= 0.6 is 12.4 Å². The van der Waals surface area contributed by atoms with Crippen molar-refractivity contribution in [3.63, 3.8) is 0 Å². The minimum atomic E-state index is -0.765. The minimum absolute atomic E-state index is 0. The molecule has 0 saturated carbocycles. The van der Waals surface area contributed by atoms with Crippen LogP contribution in [0.1, 0.15) is 18.0 Å². The normalized spacial score (nSPS) is 21.8. The standard InChI is InChI=1S/C21H21F2N3O2.ClH/c22-15-4-6-17(7-5-15)25-10-8-18(20(25)27)21(28)26-11-9-24-13-19(26)14-2-1-3-16(23)12-14;/h1-7,12,18-19,24H,8-11,13H2;1H. The fourth-order valence-corrected chi connectivity index (χ4v) is 3.97. The first-order valence-electron chi connectivity index (χ1n) is 9.38. The van der Waals surface area contributed by atoms with Gasteiger partial charge in [0.05, 0.1) is 6.04 Å². The maximum atomic E-state index is 13.7. The molecule has 5 nitrogen and oxygen atoms in total. The molecule has 0 radical (unpaired) electrons. The zero-order valence-electron chi connectivity index (χ0n) is 15.7. The number of amides is 2. The van der Waals surface area contributed by atoms with Crippen molar-refractivity contribution in [1.29, 1.82) is 0 Å². The van der Waals surface area contributed by atoms with Crippen LogP contribution in [0.25, 0.3) is 0 Å². The maximum absolute atomic E-state index is 13.7. The molecule has 1 N–H and O–H groups in total. The summed E-state index contributed by atoms with van der Waals surface area (Å²) in [5, 5.41) is 3.23. The van der Waals surface area contributed by atoms with Crippen molar-refractivity contribution in [1.82, 2.24) is 10.2 Å². The van der Waals surface area contributed by atoms with Crippen molar-refractivity contribution in [3.05, 3.63) is 65.7 Å². The maximum Gasteiger partial charge on any atom is 0.239 e. The van der Waals surface area contributed by atoms with Gasteiger partial charge in [0, 0.05) is 31.9 Å². The van der Waals surface area contributed by atoms with E-state index in [0.717, 1.165) is 0 Å². The lowest BCUT2D eigenvalue weighted by Gasteiger charge is -2.37. The minimum Gasteiger partial charge on any atom is -0.332 e. The molecule has 2 atom stereocenters. The highest BCUT2D eigenvalue weighted by atomic mass is 35.5. The molecule has 2 aliphatic rings. The molecular weight excluding hydrogens is 400 g/mol. The van der Waals surface area contributed by atoms with Crippen LogP contribution in [0, 0.1) is 17.6 Å². The van der Waals surface area contributed by atoms with E-state index in [4.69, 9.17) is 0 Å². The third kappa shape index (κ3) is 4.26. The van der Waals surface area contributed by atoms with Gasteiger partial charge in [0.2, 0.25) is 11.8 Å². The molecule has 29 heavy (non-hydrogen) atoms. The highest BCUT2D eigenvalue weighted by Gasteiger charge is 2.42. The molecule has 0 bridgehead atoms. The van der Waals surface area contributed by atoms with Crippen LogP contribution in [0.3, 0.4) is 0 Å². The second-order valence-electron chi connectivity index (χ2n) is 7.11. The molecule has 154 valence electrons. The van der Waals surface area contributed by atoms with Crippen LogP contribution in [0.4, 0.5) is 14.5 Å². The van der Waals surface area contributed by atoms with Crippen molar-refractivity contribution >= 4 is 29.9 Å². The fraction of sp³-hybridized carbons (Fsp3) is 0.333. The molecule has 2 aromatic rings. The zero-order chi connectivity index (χ0) is 19.7. The number of nitrogens with zero attached hydrogens (tertiary/aromatic N) is 2. The number of piperazine rings is 1. The largest absolute Gasteiger partial charge is 0.332 e. The van der Waals surface area contributed by atoms with Gasteiger partial charge in [0.25, 0.3) is 0 Å². The summed E-state index contributed by atoms with van der Waals surface area (Å²) in [5.41, 5.74) is 1.30. The molecule has 2 fully saturated rings. The van der Waals surface area contributed by atoms with E-state index in [1.807, 2.05) is 0 Å². The van der Waals surface area contributed by atoms with Crippen LogP contribution in [-0.4, -0.2) is 42.9 Å². The Morgan fingerprint density at radius 3 is 2.52 bits per heavy atom. The fourth-order valence-electron chi connectivity index (χ4n) is 3.97. The van der Waals surface area contributed by atoms with Crippen LogP contribution in [0.5, 0.6) is 0 Å². The summed E-state index contributed by atoms with van der Waals surface area (Å²) in [5.74, 6) is -1.99. The van der Waals surface area contributed by atoms with Gasteiger partial charge in [-0.2, -0.15) is 0 Å². The Balaban J connectivity index is 0.00000240. The number of benzene rings is 2. The Hall–Kier alpha value is -2.51. The van der Waals surface area contributed by atoms with Crippen molar-refractivity contribution in [2.75, 3.05) is 31.1 Å². The topological polar surface area (TPSA) is 52.7 Å². The van der Waals surface area contributed by atoms with Gasteiger partial charge in [-0.1, -0.05) is 12.1 Å². The van der Waals surface area contributed by atoms with Gasteiger partial charge in [-0.25, -0.2) is 8.78 Å². The van der Waals surface area contributed by atoms with Gasteiger partial charge >= 0.3 is 0 Å². The van der Waals surface area contributed by atoms with Crippen LogP contribution < -0.4 is 10.2 Å². The number of anilines is 1. The third-order valence-corrected chi connectivity index (χ3v) is 5.40. The summed E-state index contributed by atoms with van der Waals surface area (Å²) in [6.07, 6.45) is 0.412. The molecule has 2 aromatic carbocycles. The highest BCUT2D eigenvalue weighted by molar-refractivity contribution is 6.09. The molecule has 0 aromatic heterocycles. The van der Waals surface area contributed by atoms with E-state index in [-0.39, 0.29) is 41.9 Å². The summed E-state index contributed by atoms with van der Waals surface area (Å²) >= 11 is 0. The number of nitrogens with one attached hydrogen (secondary N) is 1. The molecule has 0 aliphatic carbocycles. The van der Waals surface area contributed by atoms with Crippen molar-refractivity contribution < 1.29 is 18.4 Å². The second kappa shape index (κ2) is 8.88. The first kappa shape index (κ1) is 21.2. The lowest BCUT2D eigenvalue weighted by molar-refractivity contribution is -0.142. The third-order valence-electron chi connectivity index (χ3n) is 5.40. The summed E-state index contributed by atoms with van der Waals surface area (Å²) in [6.45, 7) is 2.01. The van der Waals surface area contributed by atoms with E-state index in [0.29, 0.717) is 43.9 Å². The van der Waals surface area contributed by atoms with Gasteiger partial charge in [0.1, 0.15) is 17.6 Å². The monoisotopic (exact) mass is 421 g/mol. The molecule has 2 saturated heterocycles. The summed E-state index contributed by atoms with van der Waals surface area (Å²) in [4.78, 5) is 29.3. The molecular formula is C21H22ClF2N3O2. The van der Waals surface area contributed by atoms with Crippen LogP contribution in [0.2, 0.25) is 0 Å². The quantitative estimate of drug-likeness (QED) is 0.775. The molecule has 2 unspecified atom stereocenters. The molecule has 0 spiro atoms. The average Bonchev–Trinajstić information content (AvgIpc) is 3.09. The molecule has 2 amide bonds. The van der Waals surface area contributed by atoms with E-state index in [1.165, 1.54) is 29.2 Å². The van der Waals surface area contributed by atoms with E-state index < -0.39 is 5.92 Å². The number of rotatable bonds is 3. The molecule has 4 rings (SSSR count). The Morgan fingerprint density at radius 1 is 1.03 bits per heavy atom. The molecule has 2 aliphatic heterocycles. The van der Waals surface area contributed by atoms with Gasteiger partial charge in [-0.3, -0.25) is 9.59 Å². The number of hydrogen-bond acceptors (Lipinski definition) is 3. The van der Waals surface area contributed by atoms with Gasteiger partial charge < -0.3 is 15.1 Å².